The van der Waals surface area contributed by atoms with E-state index < -0.39 is 5.25 Å². The summed E-state index contributed by atoms with van der Waals surface area (Å²) in [5.41, 5.74) is 2.33. The van der Waals surface area contributed by atoms with E-state index in [0.717, 1.165) is 5.56 Å². The lowest BCUT2D eigenvalue weighted by Crippen LogP contribution is -2.31. The molecule has 1 atom stereocenters. The van der Waals surface area contributed by atoms with Crippen LogP contribution in [-0.4, -0.2) is 35.8 Å². The molecule has 1 N–H and O–H groups in total. The van der Waals surface area contributed by atoms with Crippen molar-refractivity contribution in [2.24, 2.45) is 0 Å². The van der Waals surface area contributed by atoms with E-state index in [4.69, 9.17) is 4.74 Å². The number of imide groups is 1. The first-order valence-electron chi connectivity index (χ1n) is 8.47. The van der Waals surface area contributed by atoms with Gasteiger partial charge in [0.1, 0.15) is 5.75 Å². The minimum Gasteiger partial charge on any atom is -0.497 e. The number of ether oxygens (including phenoxy) is 1. The van der Waals surface area contributed by atoms with Gasteiger partial charge in [0, 0.05) is 12.1 Å². The Morgan fingerprint density at radius 2 is 1.81 bits per heavy atom. The number of thioether (sulfide) groups is 1. The molecule has 0 saturated carbocycles. The second kappa shape index (κ2) is 8.26. The van der Waals surface area contributed by atoms with E-state index in [0.29, 0.717) is 17.1 Å². The van der Waals surface area contributed by atoms with Gasteiger partial charge in [0.2, 0.25) is 17.7 Å². The molecule has 27 heavy (non-hydrogen) atoms. The van der Waals surface area contributed by atoms with Crippen molar-refractivity contribution in [3.8, 4) is 5.75 Å². The lowest BCUT2D eigenvalue weighted by atomic mass is 10.2. The number of anilines is 2. The topological polar surface area (TPSA) is 75.7 Å². The monoisotopic (exact) mass is 384 g/mol. The number of carbonyl (C=O) groups excluding carboxylic acids is 3. The Balaban J connectivity index is 1.57. The molecular weight excluding hydrogens is 364 g/mol. The van der Waals surface area contributed by atoms with Crippen molar-refractivity contribution in [1.82, 2.24) is 0 Å². The molecule has 1 fully saturated rings. The first-order valence-corrected chi connectivity index (χ1v) is 9.52. The molecule has 1 saturated heterocycles. The Bertz CT molecular complexity index is 849. The lowest BCUT2D eigenvalue weighted by Gasteiger charge is -2.15. The average molecular weight is 384 g/mol. The van der Waals surface area contributed by atoms with Crippen LogP contribution in [0.25, 0.3) is 0 Å². The molecule has 6 nitrogen and oxygen atoms in total. The molecule has 1 unspecified atom stereocenters. The first kappa shape index (κ1) is 19.0. The predicted molar refractivity (Wildman–Crippen MR) is 106 cm³/mol. The van der Waals surface area contributed by atoms with E-state index in [9.17, 15) is 14.4 Å². The van der Waals surface area contributed by atoms with Gasteiger partial charge in [0.15, 0.2) is 0 Å². The summed E-state index contributed by atoms with van der Waals surface area (Å²) in [4.78, 5) is 38.2. The van der Waals surface area contributed by atoms with Crippen molar-refractivity contribution in [3.05, 3.63) is 54.1 Å². The Hall–Kier alpha value is -2.80. The van der Waals surface area contributed by atoms with E-state index >= 15 is 0 Å². The number of carbonyl (C=O) groups is 3. The number of hydrogen-bond acceptors (Lipinski definition) is 5. The predicted octanol–water partition coefficient (Wildman–Crippen LogP) is 3.01. The normalized spacial score (nSPS) is 16.5. The van der Waals surface area contributed by atoms with E-state index in [1.165, 1.54) is 16.7 Å². The quantitative estimate of drug-likeness (QED) is 0.775. The fraction of sp³-hybridized carbons (Fsp3) is 0.250. The summed E-state index contributed by atoms with van der Waals surface area (Å²) in [5, 5.41) is 2.24. The Morgan fingerprint density at radius 1 is 1.15 bits per heavy atom. The molecular formula is C20H20N2O4S. The molecule has 0 aliphatic carbocycles. The van der Waals surface area contributed by atoms with Crippen LogP contribution in [0.1, 0.15) is 12.0 Å². The van der Waals surface area contributed by atoms with Crippen LogP contribution in [0, 0.1) is 6.92 Å². The number of benzene rings is 2. The fourth-order valence-corrected chi connectivity index (χ4v) is 3.68. The van der Waals surface area contributed by atoms with Crippen LogP contribution in [0.15, 0.2) is 48.5 Å². The smallest absolute Gasteiger partial charge is 0.247 e. The molecule has 1 heterocycles. The number of nitrogens with zero attached hydrogens (tertiary/aromatic N) is 1. The molecule has 2 aromatic carbocycles. The van der Waals surface area contributed by atoms with Crippen molar-refractivity contribution in [1.29, 1.82) is 0 Å². The summed E-state index contributed by atoms with van der Waals surface area (Å²) >= 11 is 1.18. The average Bonchev–Trinajstić information content (AvgIpc) is 2.95. The molecule has 7 heteroatoms. The molecule has 1 aliphatic rings. The summed E-state index contributed by atoms with van der Waals surface area (Å²) in [6, 6.07) is 14.2. The zero-order valence-electron chi connectivity index (χ0n) is 15.1. The third-order valence-corrected chi connectivity index (χ3v) is 5.39. The van der Waals surface area contributed by atoms with Crippen molar-refractivity contribution >= 4 is 40.9 Å². The highest BCUT2D eigenvalue weighted by atomic mass is 32.2. The van der Waals surface area contributed by atoms with Gasteiger partial charge in [-0.05, 0) is 43.3 Å². The molecule has 3 rings (SSSR count). The van der Waals surface area contributed by atoms with Crippen LogP contribution in [0.5, 0.6) is 5.75 Å². The fourth-order valence-electron chi connectivity index (χ4n) is 2.75. The third-order valence-electron chi connectivity index (χ3n) is 4.19. The van der Waals surface area contributed by atoms with Crippen LogP contribution in [-0.2, 0) is 14.4 Å². The van der Waals surface area contributed by atoms with E-state index in [1.54, 1.807) is 31.4 Å². The first-order chi connectivity index (χ1) is 13.0. The van der Waals surface area contributed by atoms with Crippen LogP contribution in [0.3, 0.4) is 0 Å². The number of aryl methyl sites for hydroxylation is 1. The summed E-state index contributed by atoms with van der Waals surface area (Å²) < 4.78 is 5.09. The minimum atomic E-state index is -0.552. The van der Waals surface area contributed by atoms with Gasteiger partial charge >= 0.3 is 0 Å². The lowest BCUT2D eigenvalue weighted by molar-refractivity contribution is -0.121. The molecule has 140 valence electrons. The Kier molecular flexibility index (Phi) is 5.81. The third kappa shape index (κ3) is 4.49. The second-order valence-corrected chi connectivity index (χ2v) is 7.37. The summed E-state index contributed by atoms with van der Waals surface area (Å²) in [6.07, 6.45) is 0.0906. The van der Waals surface area contributed by atoms with Crippen molar-refractivity contribution < 1.29 is 19.1 Å². The highest BCUT2D eigenvalue weighted by Gasteiger charge is 2.40. The van der Waals surface area contributed by atoms with Crippen LogP contribution in [0.2, 0.25) is 0 Å². The number of hydrogen-bond donors (Lipinski definition) is 1. The zero-order chi connectivity index (χ0) is 19.4. The molecule has 0 radical (unpaired) electrons. The van der Waals surface area contributed by atoms with Crippen molar-refractivity contribution in [2.45, 2.75) is 18.6 Å². The van der Waals surface area contributed by atoms with Crippen molar-refractivity contribution in [3.63, 3.8) is 0 Å². The number of methoxy groups -OCH3 is 1. The Labute approximate surface area is 161 Å². The van der Waals surface area contributed by atoms with Gasteiger partial charge in [-0.2, -0.15) is 0 Å². The molecule has 3 amide bonds. The highest BCUT2D eigenvalue weighted by Crippen LogP contribution is 2.30. The SMILES string of the molecule is COc1ccc(N2C(=O)CC(SCC(=O)Nc3ccc(C)cc3)C2=O)cc1. The maximum Gasteiger partial charge on any atom is 0.247 e. The Morgan fingerprint density at radius 3 is 2.44 bits per heavy atom. The van der Waals surface area contributed by atoms with Gasteiger partial charge in [-0.25, -0.2) is 4.90 Å². The zero-order valence-corrected chi connectivity index (χ0v) is 15.9. The van der Waals surface area contributed by atoms with Crippen LogP contribution in [0.4, 0.5) is 11.4 Å². The van der Waals surface area contributed by atoms with Gasteiger partial charge < -0.3 is 10.1 Å². The summed E-state index contributed by atoms with van der Waals surface area (Å²) in [7, 11) is 1.55. The van der Waals surface area contributed by atoms with Gasteiger partial charge in [0.25, 0.3) is 0 Å². The van der Waals surface area contributed by atoms with Gasteiger partial charge in [-0.15, -0.1) is 11.8 Å². The van der Waals surface area contributed by atoms with Crippen molar-refractivity contribution in [2.75, 3.05) is 23.1 Å². The molecule has 0 spiro atoms. The molecule has 0 bridgehead atoms. The molecule has 0 aromatic heterocycles. The van der Waals surface area contributed by atoms with Crippen LogP contribution >= 0.6 is 11.8 Å². The number of amides is 3. The minimum absolute atomic E-state index is 0.0906. The van der Waals surface area contributed by atoms with Gasteiger partial charge in [-0.1, -0.05) is 17.7 Å². The molecule has 2 aromatic rings. The largest absolute Gasteiger partial charge is 0.497 e. The maximum absolute atomic E-state index is 12.6. The highest BCUT2D eigenvalue weighted by molar-refractivity contribution is 8.01. The number of rotatable bonds is 6. The standard InChI is InChI=1S/C20H20N2O4S/c1-13-3-5-14(6-4-13)21-18(23)12-27-17-11-19(24)22(20(17)25)15-7-9-16(26-2)10-8-15/h3-10,17H,11-12H2,1-2H3,(H,21,23). The molecule has 1 aliphatic heterocycles. The number of nitrogens with one attached hydrogen (secondary N) is 1. The summed E-state index contributed by atoms with van der Waals surface area (Å²) in [5.74, 6) is -0.00273. The maximum atomic E-state index is 12.6. The van der Waals surface area contributed by atoms with Crippen LogP contribution < -0.4 is 15.0 Å². The summed E-state index contributed by atoms with van der Waals surface area (Å²) in [6.45, 7) is 1.97. The second-order valence-electron chi connectivity index (χ2n) is 6.18. The van der Waals surface area contributed by atoms with Gasteiger partial charge in [-0.3, -0.25) is 14.4 Å². The van der Waals surface area contributed by atoms with E-state index in [2.05, 4.69) is 5.32 Å². The van der Waals surface area contributed by atoms with Gasteiger partial charge in [0.05, 0.1) is 23.8 Å². The van der Waals surface area contributed by atoms with E-state index in [-0.39, 0.29) is 29.9 Å². The van der Waals surface area contributed by atoms with E-state index in [1.807, 2.05) is 31.2 Å².